The maximum atomic E-state index is 11.7. The van der Waals surface area contributed by atoms with Gasteiger partial charge >= 0.3 is 0 Å². The number of rotatable bonds is 1. The molecule has 1 aromatic carbocycles. The van der Waals surface area contributed by atoms with Crippen molar-refractivity contribution in [1.82, 2.24) is 4.72 Å². The van der Waals surface area contributed by atoms with E-state index in [0.29, 0.717) is 11.3 Å². The smallest absolute Gasteiger partial charge is 0.262 e. The highest BCUT2D eigenvalue weighted by molar-refractivity contribution is 7.89. The SMILES string of the molecule is CCC1=Cc2ccccc2S(=O)(=O)N1. The van der Waals surface area contributed by atoms with Crippen LogP contribution in [0.3, 0.4) is 0 Å². The first-order valence-corrected chi connectivity index (χ1v) is 5.94. The summed E-state index contributed by atoms with van der Waals surface area (Å²) in [7, 11) is -3.32. The zero-order chi connectivity index (χ0) is 10.2. The van der Waals surface area contributed by atoms with Gasteiger partial charge in [0, 0.05) is 5.70 Å². The summed E-state index contributed by atoms with van der Waals surface area (Å²) in [5.74, 6) is 0. The zero-order valence-electron chi connectivity index (χ0n) is 7.82. The van der Waals surface area contributed by atoms with Gasteiger partial charge in [-0.3, -0.25) is 4.72 Å². The number of sulfonamides is 1. The fourth-order valence-electron chi connectivity index (χ4n) is 1.46. The van der Waals surface area contributed by atoms with Gasteiger partial charge in [-0.15, -0.1) is 0 Å². The Bertz CT molecular complexity index is 489. The van der Waals surface area contributed by atoms with E-state index in [1.54, 1.807) is 12.1 Å². The van der Waals surface area contributed by atoms with Crippen molar-refractivity contribution in [3.8, 4) is 0 Å². The van der Waals surface area contributed by atoms with Crippen LogP contribution in [0.2, 0.25) is 0 Å². The lowest BCUT2D eigenvalue weighted by molar-refractivity contribution is 0.586. The lowest BCUT2D eigenvalue weighted by Gasteiger charge is -2.17. The highest BCUT2D eigenvalue weighted by Crippen LogP contribution is 2.23. The molecule has 0 spiro atoms. The minimum Gasteiger partial charge on any atom is -0.283 e. The monoisotopic (exact) mass is 209 g/mol. The molecule has 0 atom stereocenters. The normalized spacial score (nSPS) is 17.9. The number of hydrogen-bond acceptors (Lipinski definition) is 2. The van der Waals surface area contributed by atoms with Crippen LogP contribution in [0, 0.1) is 0 Å². The molecular formula is C10H11NO2S. The Kier molecular flexibility index (Phi) is 2.07. The molecule has 1 aliphatic rings. The minimum absolute atomic E-state index is 0.359. The summed E-state index contributed by atoms with van der Waals surface area (Å²) in [5.41, 5.74) is 1.51. The van der Waals surface area contributed by atoms with Crippen LogP contribution in [0.5, 0.6) is 0 Å². The molecule has 0 amide bonds. The maximum Gasteiger partial charge on any atom is 0.262 e. The summed E-state index contributed by atoms with van der Waals surface area (Å²) in [6.45, 7) is 1.92. The lowest BCUT2D eigenvalue weighted by atomic mass is 10.2. The van der Waals surface area contributed by atoms with Gasteiger partial charge in [-0.25, -0.2) is 8.42 Å². The summed E-state index contributed by atoms with van der Waals surface area (Å²) in [6, 6.07) is 6.98. The van der Waals surface area contributed by atoms with Crippen molar-refractivity contribution < 1.29 is 8.42 Å². The summed E-state index contributed by atoms with van der Waals surface area (Å²) in [5, 5.41) is 0. The molecule has 0 radical (unpaired) electrons. The van der Waals surface area contributed by atoms with E-state index in [0.717, 1.165) is 11.3 Å². The lowest BCUT2D eigenvalue weighted by Crippen LogP contribution is -2.26. The number of nitrogens with one attached hydrogen (secondary N) is 1. The van der Waals surface area contributed by atoms with Gasteiger partial charge in [-0.05, 0) is 24.1 Å². The Morgan fingerprint density at radius 3 is 2.71 bits per heavy atom. The molecule has 0 fully saturated rings. The van der Waals surface area contributed by atoms with Crippen molar-refractivity contribution in [3.05, 3.63) is 35.5 Å². The molecule has 1 aliphatic heterocycles. The molecule has 1 aromatic rings. The van der Waals surface area contributed by atoms with Crippen LogP contribution in [-0.2, 0) is 10.0 Å². The van der Waals surface area contributed by atoms with Gasteiger partial charge < -0.3 is 0 Å². The zero-order valence-corrected chi connectivity index (χ0v) is 8.64. The van der Waals surface area contributed by atoms with Gasteiger partial charge in [0.25, 0.3) is 10.0 Å². The van der Waals surface area contributed by atoms with Gasteiger partial charge in [0.15, 0.2) is 0 Å². The predicted molar refractivity (Wildman–Crippen MR) is 55.0 cm³/mol. The van der Waals surface area contributed by atoms with E-state index in [4.69, 9.17) is 0 Å². The molecule has 0 saturated heterocycles. The van der Waals surface area contributed by atoms with Crippen LogP contribution in [0.25, 0.3) is 6.08 Å². The molecule has 0 bridgehead atoms. The quantitative estimate of drug-likeness (QED) is 0.765. The Morgan fingerprint density at radius 1 is 1.29 bits per heavy atom. The standard InChI is InChI=1S/C10H11NO2S/c1-2-9-7-8-5-3-4-6-10(8)14(12,13)11-9/h3-7,11H,2H2,1H3. The number of benzene rings is 1. The minimum atomic E-state index is -3.32. The van der Waals surface area contributed by atoms with Crippen molar-refractivity contribution in [3.63, 3.8) is 0 Å². The topological polar surface area (TPSA) is 46.2 Å². The Labute approximate surface area is 83.5 Å². The van der Waals surface area contributed by atoms with Crippen molar-refractivity contribution >= 4 is 16.1 Å². The van der Waals surface area contributed by atoms with Crippen molar-refractivity contribution in [2.45, 2.75) is 18.2 Å². The predicted octanol–water partition coefficient (Wildman–Crippen LogP) is 1.73. The molecule has 1 heterocycles. The molecule has 0 saturated carbocycles. The van der Waals surface area contributed by atoms with Crippen LogP contribution in [-0.4, -0.2) is 8.42 Å². The molecule has 3 nitrogen and oxygen atoms in total. The van der Waals surface area contributed by atoms with Crippen LogP contribution in [0.4, 0.5) is 0 Å². The third kappa shape index (κ3) is 1.42. The third-order valence-electron chi connectivity index (χ3n) is 2.18. The highest BCUT2D eigenvalue weighted by Gasteiger charge is 2.21. The summed E-state index contributed by atoms with van der Waals surface area (Å²) in [4.78, 5) is 0.359. The molecule has 2 rings (SSSR count). The average Bonchev–Trinajstić information content (AvgIpc) is 2.17. The maximum absolute atomic E-state index is 11.7. The fraction of sp³-hybridized carbons (Fsp3) is 0.200. The van der Waals surface area contributed by atoms with E-state index >= 15 is 0 Å². The first-order chi connectivity index (χ1) is 6.63. The summed E-state index contributed by atoms with van der Waals surface area (Å²) in [6.07, 6.45) is 2.56. The molecule has 0 aliphatic carbocycles. The van der Waals surface area contributed by atoms with Crippen molar-refractivity contribution in [1.29, 1.82) is 0 Å². The molecule has 74 valence electrons. The molecular weight excluding hydrogens is 198 g/mol. The Balaban J connectivity index is 2.67. The Morgan fingerprint density at radius 2 is 2.00 bits per heavy atom. The van der Waals surface area contributed by atoms with Crippen LogP contribution < -0.4 is 4.72 Å². The summed E-state index contributed by atoms with van der Waals surface area (Å²) < 4.78 is 25.9. The van der Waals surface area contributed by atoms with Crippen LogP contribution in [0.1, 0.15) is 18.9 Å². The first kappa shape index (κ1) is 9.27. The van der Waals surface area contributed by atoms with Crippen LogP contribution in [0.15, 0.2) is 34.9 Å². The van der Waals surface area contributed by atoms with Gasteiger partial charge in [0.1, 0.15) is 0 Å². The second-order valence-corrected chi connectivity index (χ2v) is 4.82. The molecule has 0 unspecified atom stereocenters. The van der Waals surface area contributed by atoms with E-state index in [1.807, 2.05) is 25.1 Å². The first-order valence-electron chi connectivity index (χ1n) is 4.46. The second kappa shape index (κ2) is 3.13. The van der Waals surface area contributed by atoms with Crippen molar-refractivity contribution in [2.24, 2.45) is 0 Å². The molecule has 1 N–H and O–H groups in total. The summed E-state index contributed by atoms with van der Waals surface area (Å²) >= 11 is 0. The van der Waals surface area contributed by atoms with E-state index < -0.39 is 10.0 Å². The number of hydrogen-bond donors (Lipinski definition) is 1. The third-order valence-corrected chi connectivity index (χ3v) is 3.67. The van der Waals surface area contributed by atoms with Gasteiger partial charge in [0.05, 0.1) is 4.90 Å². The van der Waals surface area contributed by atoms with E-state index in [2.05, 4.69) is 4.72 Å². The van der Waals surface area contributed by atoms with E-state index in [-0.39, 0.29) is 0 Å². The molecule has 4 heteroatoms. The van der Waals surface area contributed by atoms with Gasteiger partial charge in [-0.1, -0.05) is 25.1 Å². The van der Waals surface area contributed by atoms with Crippen molar-refractivity contribution in [2.75, 3.05) is 0 Å². The van der Waals surface area contributed by atoms with E-state index in [9.17, 15) is 8.42 Å². The van der Waals surface area contributed by atoms with Gasteiger partial charge in [-0.2, -0.15) is 0 Å². The fourth-order valence-corrected chi connectivity index (χ4v) is 2.82. The number of fused-ring (bicyclic) bond motifs is 1. The Hall–Kier alpha value is -1.29. The average molecular weight is 209 g/mol. The van der Waals surface area contributed by atoms with Gasteiger partial charge in [0.2, 0.25) is 0 Å². The largest absolute Gasteiger partial charge is 0.283 e. The highest BCUT2D eigenvalue weighted by atomic mass is 32.2. The molecule has 0 aromatic heterocycles. The van der Waals surface area contributed by atoms with Crippen LogP contribution >= 0.6 is 0 Å². The molecule has 14 heavy (non-hydrogen) atoms. The second-order valence-electron chi connectivity index (χ2n) is 3.17. The number of allylic oxidation sites excluding steroid dienone is 1. The van der Waals surface area contributed by atoms with E-state index in [1.165, 1.54) is 0 Å².